The van der Waals surface area contributed by atoms with Gasteiger partial charge in [-0.1, -0.05) is 48.0 Å². The van der Waals surface area contributed by atoms with E-state index in [9.17, 15) is 4.79 Å². The van der Waals surface area contributed by atoms with Gasteiger partial charge >= 0.3 is 0 Å². The summed E-state index contributed by atoms with van der Waals surface area (Å²) in [4.78, 5) is 12.6. The van der Waals surface area contributed by atoms with E-state index in [1.807, 2.05) is 49.4 Å². The van der Waals surface area contributed by atoms with Crippen LogP contribution >= 0.6 is 11.6 Å². The Balaban J connectivity index is 1.71. The zero-order chi connectivity index (χ0) is 19.9. The zero-order valence-electron chi connectivity index (χ0n) is 15.9. The molecule has 0 saturated carbocycles. The van der Waals surface area contributed by atoms with Gasteiger partial charge in [0.1, 0.15) is 18.1 Å². The van der Waals surface area contributed by atoms with Crippen molar-refractivity contribution >= 4 is 17.5 Å². The summed E-state index contributed by atoms with van der Waals surface area (Å²) >= 11 is 6.15. The molecule has 0 aliphatic carbocycles. The second-order valence-corrected chi connectivity index (χ2v) is 6.76. The quantitative estimate of drug-likeness (QED) is 0.600. The van der Waals surface area contributed by atoms with Crippen molar-refractivity contribution in [2.75, 3.05) is 7.11 Å². The molecule has 5 heteroatoms. The van der Waals surface area contributed by atoms with E-state index < -0.39 is 0 Å². The molecule has 1 N–H and O–H groups in total. The molecule has 0 saturated heterocycles. The molecule has 3 aromatic rings. The number of ether oxygens (including phenoxy) is 2. The summed E-state index contributed by atoms with van der Waals surface area (Å²) in [6, 6.07) is 20.5. The fourth-order valence-corrected chi connectivity index (χ4v) is 3.03. The number of hydrogen-bond acceptors (Lipinski definition) is 3. The lowest BCUT2D eigenvalue weighted by Crippen LogP contribution is -2.23. The second-order valence-electron chi connectivity index (χ2n) is 6.35. The molecule has 1 amide bonds. The third-order valence-corrected chi connectivity index (χ3v) is 4.79. The average molecular weight is 396 g/mol. The Morgan fingerprint density at radius 2 is 1.71 bits per heavy atom. The standard InChI is InChI=1S/C23H22ClNO3/c1-16-7-3-6-10-21(16)28-15-19-13-17(11-12-22(19)27-2)23(26)25-14-18-8-4-5-9-20(18)24/h3-13H,14-15H2,1-2H3,(H,25,26). The van der Waals surface area contributed by atoms with E-state index in [0.717, 1.165) is 22.4 Å². The van der Waals surface area contributed by atoms with Crippen LogP contribution in [0.4, 0.5) is 0 Å². The summed E-state index contributed by atoms with van der Waals surface area (Å²) in [5, 5.41) is 3.53. The number of carbonyl (C=O) groups is 1. The molecule has 0 fully saturated rings. The van der Waals surface area contributed by atoms with Gasteiger partial charge in [0.05, 0.1) is 7.11 Å². The van der Waals surface area contributed by atoms with E-state index in [1.165, 1.54) is 0 Å². The van der Waals surface area contributed by atoms with Gasteiger partial charge in [-0.25, -0.2) is 0 Å². The highest BCUT2D eigenvalue weighted by Crippen LogP contribution is 2.24. The molecule has 0 atom stereocenters. The van der Waals surface area contributed by atoms with Crippen LogP contribution in [0.5, 0.6) is 11.5 Å². The summed E-state index contributed by atoms with van der Waals surface area (Å²) in [6.07, 6.45) is 0. The van der Waals surface area contributed by atoms with Crippen molar-refractivity contribution < 1.29 is 14.3 Å². The highest BCUT2D eigenvalue weighted by atomic mass is 35.5. The predicted molar refractivity (Wildman–Crippen MR) is 111 cm³/mol. The van der Waals surface area contributed by atoms with E-state index in [1.54, 1.807) is 31.4 Å². The smallest absolute Gasteiger partial charge is 0.251 e. The Hall–Kier alpha value is -2.98. The summed E-state index contributed by atoms with van der Waals surface area (Å²) in [6.45, 7) is 2.66. The molecular weight excluding hydrogens is 374 g/mol. The van der Waals surface area contributed by atoms with Crippen molar-refractivity contribution in [1.29, 1.82) is 0 Å². The van der Waals surface area contributed by atoms with Crippen LogP contribution in [-0.4, -0.2) is 13.0 Å². The first-order chi connectivity index (χ1) is 13.6. The zero-order valence-corrected chi connectivity index (χ0v) is 16.6. The third kappa shape index (κ3) is 4.84. The maximum absolute atomic E-state index is 12.6. The second kappa shape index (κ2) is 9.29. The van der Waals surface area contributed by atoms with Crippen LogP contribution in [0.15, 0.2) is 66.7 Å². The van der Waals surface area contributed by atoms with Gasteiger partial charge in [0.25, 0.3) is 5.91 Å². The minimum absolute atomic E-state index is 0.181. The van der Waals surface area contributed by atoms with Crippen LogP contribution in [0.2, 0.25) is 5.02 Å². The van der Waals surface area contributed by atoms with Crippen molar-refractivity contribution in [2.24, 2.45) is 0 Å². The van der Waals surface area contributed by atoms with Crippen LogP contribution in [-0.2, 0) is 13.2 Å². The number of carbonyl (C=O) groups excluding carboxylic acids is 1. The summed E-state index contributed by atoms with van der Waals surface area (Å²) < 4.78 is 11.3. The van der Waals surface area contributed by atoms with Crippen LogP contribution in [0, 0.1) is 6.92 Å². The lowest BCUT2D eigenvalue weighted by molar-refractivity contribution is 0.0950. The van der Waals surface area contributed by atoms with Crippen molar-refractivity contribution in [3.8, 4) is 11.5 Å². The van der Waals surface area contributed by atoms with Crippen molar-refractivity contribution in [3.05, 3.63) is 94.0 Å². The molecule has 28 heavy (non-hydrogen) atoms. The summed E-state index contributed by atoms with van der Waals surface area (Å²) in [5.74, 6) is 1.30. The lowest BCUT2D eigenvalue weighted by Gasteiger charge is -2.13. The molecule has 3 rings (SSSR count). The molecule has 0 unspecified atom stereocenters. The van der Waals surface area contributed by atoms with Gasteiger partial charge in [-0.3, -0.25) is 4.79 Å². The summed E-state index contributed by atoms with van der Waals surface area (Å²) in [5.41, 5.74) is 3.26. The molecule has 0 bridgehead atoms. The van der Waals surface area contributed by atoms with E-state index in [4.69, 9.17) is 21.1 Å². The van der Waals surface area contributed by atoms with Crippen molar-refractivity contribution in [3.63, 3.8) is 0 Å². The fourth-order valence-electron chi connectivity index (χ4n) is 2.83. The van der Waals surface area contributed by atoms with Gasteiger partial charge < -0.3 is 14.8 Å². The Labute approximate surface area is 170 Å². The van der Waals surface area contributed by atoms with Gasteiger partial charge in [0.2, 0.25) is 0 Å². The highest BCUT2D eigenvalue weighted by molar-refractivity contribution is 6.31. The van der Waals surface area contributed by atoms with Crippen molar-refractivity contribution in [1.82, 2.24) is 5.32 Å². The van der Waals surface area contributed by atoms with E-state index in [2.05, 4.69) is 5.32 Å². The number of para-hydroxylation sites is 1. The number of methoxy groups -OCH3 is 1. The average Bonchev–Trinajstić information content (AvgIpc) is 2.72. The first-order valence-corrected chi connectivity index (χ1v) is 9.33. The van der Waals surface area contributed by atoms with Crippen LogP contribution < -0.4 is 14.8 Å². The van der Waals surface area contributed by atoms with Gasteiger partial charge in [-0.2, -0.15) is 0 Å². The molecule has 0 aliphatic rings. The minimum atomic E-state index is -0.181. The van der Waals surface area contributed by atoms with Gasteiger partial charge in [0.15, 0.2) is 0 Å². The van der Waals surface area contributed by atoms with E-state index >= 15 is 0 Å². The largest absolute Gasteiger partial charge is 0.496 e. The number of hydrogen-bond donors (Lipinski definition) is 1. The monoisotopic (exact) mass is 395 g/mol. The van der Waals surface area contributed by atoms with Crippen molar-refractivity contribution in [2.45, 2.75) is 20.1 Å². The lowest BCUT2D eigenvalue weighted by atomic mass is 10.1. The number of halogens is 1. The number of rotatable bonds is 7. The molecule has 0 aromatic heterocycles. The number of benzene rings is 3. The Morgan fingerprint density at radius 3 is 2.46 bits per heavy atom. The molecule has 3 aromatic carbocycles. The predicted octanol–water partition coefficient (Wildman–Crippen LogP) is 5.17. The van der Waals surface area contributed by atoms with Crippen LogP contribution in [0.25, 0.3) is 0 Å². The Kier molecular flexibility index (Phi) is 6.56. The SMILES string of the molecule is COc1ccc(C(=O)NCc2ccccc2Cl)cc1COc1ccccc1C. The first-order valence-electron chi connectivity index (χ1n) is 8.95. The third-order valence-electron chi connectivity index (χ3n) is 4.42. The normalized spacial score (nSPS) is 10.4. The van der Waals surface area contributed by atoms with E-state index in [-0.39, 0.29) is 5.91 Å². The molecule has 0 heterocycles. The number of amides is 1. The number of nitrogens with one attached hydrogen (secondary N) is 1. The molecule has 4 nitrogen and oxygen atoms in total. The molecule has 0 aliphatic heterocycles. The topological polar surface area (TPSA) is 47.6 Å². The molecule has 0 radical (unpaired) electrons. The molecule has 0 spiro atoms. The molecular formula is C23H22ClNO3. The Morgan fingerprint density at radius 1 is 0.964 bits per heavy atom. The maximum Gasteiger partial charge on any atom is 0.251 e. The first kappa shape index (κ1) is 19.8. The van der Waals surface area contributed by atoms with Gasteiger partial charge in [-0.05, 0) is 48.4 Å². The maximum atomic E-state index is 12.6. The van der Waals surface area contributed by atoms with Gasteiger partial charge in [-0.15, -0.1) is 0 Å². The number of aryl methyl sites for hydroxylation is 1. The summed E-state index contributed by atoms with van der Waals surface area (Å²) in [7, 11) is 1.60. The fraction of sp³-hybridized carbons (Fsp3) is 0.174. The Bertz CT molecular complexity index is 972. The molecule has 144 valence electrons. The highest BCUT2D eigenvalue weighted by Gasteiger charge is 2.12. The van der Waals surface area contributed by atoms with E-state index in [0.29, 0.717) is 29.5 Å². The van der Waals surface area contributed by atoms with Crippen LogP contribution in [0.3, 0.4) is 0 Å². The van der Waals surface area contributed by atoms with Gasteiger partial charge in [0, 0.05) is 22.7 Å². The minimum Gasteiger partial charge on any atom is -0.496 e. The van der Waals surface area contributed by atoms with Crippen LogP contribution in [0.1, 0.15) is 27.0 Å².